The monoisotopic (exact) mass is 179 g/mol. The lowest BCUT2D eigenvalue weighted by Gasteiger charge is -2.18. The first-order chi connectivity index (χ1) is 5.88. The van der Waals surface area contributed by atoms with Crippen molar-refractivity contribution >= 4 is 18.3 Å². The molecule has 0 aromatic heterocycles. The molecule has 1 nitrogen and oxygen atoms in total. The van der Waals surface area contributed by atoms with Crippen LogP contribution in [-0.4, -0.2) is 13.1 Å². The van der Waals surface area contributed by atoms with Crippen molar-refractivity contribution in [1.82, 2.24) is 0 Å². The number of benzene rings is 1. The first-order valence-electron chi connectivity index (χ1n) is 4.41. The molecular weight excluding hydrogens is 166 g/mol. The highest BCUT2D eigenvalue weighted by atomic mass is 32.1. The Bertz CT molecular complexity index is 266. The Labute approximate surface area is 78.8 Å². The first-order valence-corrected chi connectivity index (χ1v) is 4.85. The van der Waals surface area contributed by atoms with Gasteiger partial charge in [0.2, 0.25) is 0 Å². The maximum atomic E-state index is 4.43. The largest absolute Gasteiger partial charge is 0.371 e. The van der Waals surface area contributed by atoms with Gasteiger partial charge in [-0.3, -0.25) is 0 Å². The molecule has 1 saturated heterocycles. The van der Waals surface area contributed by atoms with Gasteiger partial charge in [-0.2, -0.15) is 0 Å². The number of para-hydroxylation sites is 1. The average Bonchev–Trinajstić information content (AvgIpc) is 2.57. The molecule has 1 aliphatic heterocycles. The molecule has 0 amide bonds. The van der Waals surface area contributed by atoms with Crippen molar-refractivity contribution < 1.29 is 0 Å². The van der Waals surface area contributed by atoms with Crippen molar-refractivity contribution in [2.75, 3.05) is 18.0 Å². The van der Waals surface area contributed by atoms with Gasteiger partial charge >= 0.3 is 0 Å². The molecule has 2 rings (SSSR count). The Hall–Kier alpha value is -0.630. The van der Waals surface area contributed by atoms with E-state index in [1.807, 2.05) is 6.07 Å². The minimum absolute atomic E-state index is 1.10. The predicted octanol–water partition coefficient (Wildman–Crippen LogP) is 2.58. The molecule has 12 heavy (non-hydrogen) atoms. The van der Waals surface area contributed by atoms with Crippen molar-refractivity contribution in [1.29, 1.82) is 0 Å². The number of hydrogen-bond acceptors (Lipinski definition) is 2. The first kappa shape index (κ1) is 7.99. The summed E-state index contributed by atoms with van der Waals surface area (Å²) in [6.07, 6.45) is 2.64. The normalized spacial score (nSPS) is 16.9. The van der Waals surface area contributed by atoms with Gasteiger partial charge in [0.1, 0.15) is 0 Å². The zero-order valence-corrected chi connectivity index (χ0v) is 7.93. The summed E-state index contributed by atoms with van der Waals surface area (Å²) in [6, 6.07) is 8.31. The van der Waals surface area contributed by atoms with Crippen molar-refractivity contribution in [2.24, 2.45) is 0 Å². The molecule has 0 saturated carbocycles. The molecule has 1 aromatic rings. The molecule has 1 aromatic carbocycles. The number of thiol groups is 1. The van der Waals surface area contributed by atoms with Gasteiger partial charge in [0.25, 0.3) is 0 Å². The number of nitrogens with zero attached hydrogens (tertiary/aromatic N) is 1. The minimum atomic E-state index is 1.10. The van der Waals surface area contributed by atoms with E-state index in [2.05, 4.69) is 35.7 Å². The van der Waals surface area contributed by atoms with Gasteiger partial charge in [0.05, 0.1) is 5.69 Å². The Morgan fingerprint density at radius 3 is 2.42 bits per heavy atom. The highest BCUT2D eigenvalue weighted by Crippen LogP contribution is 2.26. The van der Waals surface area contributed by atoms with Gasteiger partial charge in [-0.15, -0.1) is 12.6 Å². The molecule has 0 radical (unpaired) electrons. The SMILES string of the molecule is Sc1ccccc1N1CCCC1. The molecule has 0 unspecified atom stereocenters. The summed E-state index contributed by atoms with van der Waals surface area (Å²) in [4.78, 5) is 3.50. The van der Waals surface area contributed by atoms with Gasteiger partial charge in [-0.05, 0) is 25.0 Å². The Balaban J connectivity index is 2.26. The molecule has 1 fully saturated rings. The van der Waals surface area contributed by atoms with Crippen LogP contribution in [0.15, 0.2) is 29.2 Å². The van der Waals surface area contributed by atoms with Gasteiger partial charge in [-0.25, -0.2) is 0 Å². The fourth-order valence-corrected chi connectivity index (χ4v) is 1.99. The molecule has 1 aliphatic rings. The second-order valence-corrected chi connectivity index (χ2v) is 3.66. The number of anilines is 1. The van der Waals surface area contributed by atoms with E-state index in [1.54, 1.807) is 0 Å². The van der Waals surface area contributed by atoms with Crippen LogP contribution in [0.3, 0.4) is 0 Å². The van der Waals surface area contributed by atoms with Crippen molar-refractivity contribution in [3.05, 3.63) is 24.3 Å². The van der Waals surface area contributed by atoms with Gasteiger partial charge < -0.3 is 4.90 Å². The molecule has 64 valence electrons. The molecule has 2 heteroatoms. The summed E-state index contributed by atoms with van der Waals surface area (Å²) < 4.78 is 0. The quantitative estimate of drug-likeness (QED) is 0.648. The summed E-state index contributed by atoms with van der Waals surface area (Å²) in [5.74, 6) is 0. The molecule has 0 aliphatic carbocycles. The third kappa shape index (κ3) is 1.44. The summed E-state index contributed by atoms with van der Waals surface area (Å²) in [7, 11) is 0. The van der Waals surface area contributed by atoms with Crippen LogP contribution in [0.4, 0.5) is 5.69 Å². The molecule has 1 heterocycles. The zero-order chi connectivity index (χ0) is 8.39. The van der Waals surface area contributed by atoms with Gasteiger partial charge in [0.15, 0.2) is 0 Å². The van der Waals surface area contributed by atoms with Crippen LogP contribution in [0.5, 0.6) is 0 Å². The van der Waals surface area contributed by atoms with E-state index in [9.17, 15) is 0 Å². The highest BCUT2D eigenvalue weighted by molar-refractivity contribution is 7.80. The smallest absolute Gasteiger partial charge is 0.0501 e. The minimum Gasteiger partial charge on any atom is -0.371 e. The molecule has 0 bridgehead atoms. The lowest BCUT2D eigenvalue weighted by molar-refractivity contribution is 0.949. The second-order valence-electron chi connectivity index (χ2n) is 3.18. The van der Waals surface area contributed by atoms with Crippen molar-refractivity contribution in [2.45, 2.75) is 17.7 Å². The summed E-state index contributed by atoms with van der Waals surface area (Å²) >= 11 is 4.43. The van der Waals surface area contributed by atoms with Crippen molar-refractivity contribution in [3.8, 4) is 0 Å². The van der Waals surface area contributed by atoms with Gasteiger partial charge in [-0.1, -0.05) is 12.1 Å². The summed E-state index contributed by atoms with van der Waals surface area (Å²) in [5, 5.41) is 0. The number of hydrogen-bond donors (Lipinski definition) is 1. The fourth-order valence-electron chi connectivity index (χ4n) is 1.69. The van der Waals surface area contributed by atoms with Crippen LogP contribution in [0.1, 0.15) is 12.8 Å². The van der Waals surface area contributed by atoms with E-state index >= 15 is 0 Å². The van der Waals surface area contributed by atoms with Crippen LogP contribution in [0, 0.1) is 0 Å². The summed E-state index contributed by atoms with van der Waals surface area (Å²) in [6.45, 7) is 2.38. The van der Waals surface area contributed by atoms with E-state index in [4.69, 9.17) is 0 Å². The maximum Gasteiger partial charge on any atom is 0.0501 e. The van der Waals surface area contributed by atoms with Gasteiger partial charge in [0, 0.05) is 18.0 Å². The van der Waals surface area contributed by atoms with E-state index in [0.29, 0.717) is 0 Å². The van der Waals surface area contributed by atoms with E-state index < -0.39 is 0 Å². The van der Waals surface area contributed by atoms with Crippen LogP contribution < -0.4 is 4.90 Å². The van der Waals surface area contributed by atoms with E-state index in [-0.39, 0.29) is 0 Å². The standard InChI is InChI=1S/C10H13NS/c12-10-6-2-1-5-9(10)11-7-3-4-8-11/h1-2,5-6,12H,3-4,7-8H2. The average molecular weight is 179 g/mol. The number of rotatable bonds is 1. The Morgan fingerprint density at radius 2 is 1.75 bits per heavy atom. The lowest BCUT2D eigenvalue weighted by Crippen LogP contribution is -2.17. The molecule has 0 atom stereocenters. The third-order valence-corrected chi connectivity index (χ3v) is 2.71. The molecule has 0 spiro atoms. The lowest BCUT2D eigenvalue weighted by atomic mass is 10.3. The third-order valence-electron chi connectivity index (χ3n) is 2.33. The van der Waals surface area contributed by atoms with E-state index in [1.165, 1.54) is 31.6 Å². The Kier molecular flexibility index (Phi) is 2.26. The molecular formula is C10H13NS. The predicted molar refractivity (Wildman–Crippen MR) is 55.1 cm³/mol. The van der Waals surface area contributed by atoms with Crippen LogP contribution >= 0.6 is 12.6 Å². The fraction of sp³-hybridized carbons (Fsp3) is 0.400. The van der Waals surface area contributed by atoms with Crippen LogP contribution in [0.2, 0.25) is 0 Å². The zero-order valence-electron chi connectivity index (χ0n) is 7.03. The molecule has 0 N–H and O–H groups in total. The summed E-state index contributed by atoms with van der Waals surface area (Å²) in [5.41, 5.74) is 1.29. The van der Waals surface area contributed by atoms with Crippen LogP contribution in [0.25, 0.3) is 0 Å². The second kappa shape index (κ2) is 3.40. The topological polar surface area (TPSA) is 3.24 Å². The van der Waals surface area contributed by atoms with Crippen molar-refractivity contribution in [3.63, 3.8) is 0 Å². The van der Waals surface area contributed by atoms with E-state index in [0.717, 1.165) is 4.90 Å². The highest BCUT2D eigenvalue weighted by Gasteiger charge is 2.13. The Morgan fingerprint density at radius 1 is 1.08 bits per heavy atom. The van der Waals surface area contributed by atoms with Crippen LogP contribution in [-0.2, 0) is 0 Å². The maximum absolute atomic E-state index is 4.43.